The number of nitrogens with zero attached hydrogens (tertiary/aromatic N) is 1. The molecule has 2 fully saturated rings. The predicted octanol–water partition coefficient (Wildman–Crippen LogP) is 1.16. The third-order valence-corrected chi connectivity index (χ3v) is 3.75. The van der Waals surface area contributed by atoms with Gasteiger partial charge in [-0.3, -0.25) is 4.99 Å². The van der Waals surface area contributed by atoms with Crippen molar-refractivity contribution < 1.29 is 14.2 Å². The standard InChI is InChI=1S/C16H31N3O3/c1-2-17-16(19-8-11-21-12-14-4-5-14)18-7-3-9-22-15-6-10-20-13-15/h14-15H,2-13H2,1H3,(H2,17,18,19). The van der Waals surface area contributed by atoms with Crippen LogP contribution in [0.3, 0.4) is 0 Å². The largest absolute Gasteiger partial charge is 0.379 e. The fourth-order valence-electron chi connectivity index (χ4n) is 2.27. The van der Waals surface area contributed by atoms with E-state index in [0.29, 0.717) is 6.10 Å². The van der Waals surface area contributed by atoms with E-state index in [0.717, 1.165) is 77.4 Å². The van der Waals surface area contributed by atoms with E-state index in [4.69, 9.17) is 14.2 Å². The van der Waals surface area contributed by atoms with Crippen molar-refractivity contribution in [2.24, 2.45) is 10.9 Å². The van der Waals surface area contributed by atoms with Gasteiger partial charge in [-0.2, -0.15) is 0 Å². The van der Waals surface area contributed by atoms with Crippen LogP contribution < -0.4 is 10.6 Å². The van der Waals surface area contributed by atoms with E-state index in [9.17, 15) is 0 Å². The molecule has 0 aromatic carbocycles. The molecule has 0 aromatic rings. The molecule has 1 aliphatic heterocycles. The first kappa shape index (κ1) is 17.5. The van der Waals surface area contributed by atoms with E-state index in [1.807, 2.05) is 0 Å². The molecule has 1 atom stereocenters. The highest BCUT2D eigenvalue weighted by atomic mass is 16.5. The zero-order chi connectivity index (χ0) is 15.5. The van der Waals surface area contributed by atoms with Gasteiger partial charge in [0.05, 0.1) is 19.3 Å². The van der Waals surface area contributed by atoms with E-state index in [1.165, 1.54) is 12.8 Å². The van der Waals surface area contributed by atoms with E-state index in [-0.39, 0.29) is 0 Å². The molecular formula is C16H31N3O3. The lowest BCUT2D eigenvalue weighted by Gasteiger charge is -2.12. The van der Waals surface area contributed by atoms with E-state index in [1.54, 1.807) is 0 Å². The quantitative estimate of drug-likeness (QED) is 0.340. The molecule has 0 aromatic heterocycles. The van der Waals surface area contributed by atoms with Crippen LogP contribution in [0.1, 0.15) is 32.6 Å². The lowest BCUT2D eigenvalue weighted by Crippen LogP contribution is -2.39. The SMILES string of the molecule is CCNC(=NCCCOC1CCOC1)NCCOCC1CC1. The summed E-state index contributed by atoms with van der Waals surface area (Å²) in [7, 11) is 0. The molecule has 0 amide bonds. The van der Waals surface area contributed by atoms with Crippen molar-refractivity contribution in [3.8, 4) is 0 Å². The second-order valence-electron chi connectivity index (χ2n) is 5.92. The van der Waals surface area contributed by atoms with Crippen molar-refractivity contribution in [3.05, 3.63) is 0 Å². The van der Waals surface area contributed by atoms with Crippen molar-refractivity contribution in [1.29, 1.82) is 0 Å². The highest BCUT2D eigenvalue weighted by molar-refractivity contribution is 5.79. The van der Waals surface area contributed by atoms with Crippen LogP contribution in [-0.2, 0) is 14.2 Å². The number of ether oxygens (including phenoxy) is 3. The zero-order valence-electron chi connectivity index (χ0n) is 13.8. The van der Waals surface area contributed by atoms with Crippen molar-refractivity contribution in [2.75, 3.05) is 52.7 Å². The molecule has 6 heteroatoms. The molecule has 1 aliphatic carbocycles. The average molecular weight is 313 g/mol. The topological polar surface area (TPSA) is 64.1 Å². The maximum Gasteiger partial charge on any atom is 0.191 e. The third-order valence-electron chi connectivity index (χ3n) is 3.75. The first-order chi connectivity index (χ1) is 10.9. The van der Waals surface area contributed by atoms with Crippen LogP contribution in [0.5, 0.6) is 0 Å². The van der Waals surface area contributed by atoms with Gasteiger partial charge in [0.2, 0.25) is 0 Å². The first-order valence-electron chi connectivity index (χ1n) is 8.67. The summed E-state index contributed by atoms with van der Waals surface area (Å²) in [6.45, 7) is 8.49. The lowest BCUT2D eigenvalue weighted by atomic mass is 10.3. The molecule has 128 valence electrons. The third kappa shape index (κ3) is 7.96. The van der Waals surface area contributed by atoms with Crippen LogP contribution in [0, 0.1) is 5.92 Å². The maximum absolute atomic E-state index is 5.73. The van der Waals surface area contributed by atoms with Gasteiger partial charge in [-0.1, -0.05) is 0 Å². The molecule has 1 saturated carbocycles. The van der Waals surface area contributed by atoms with E-state index >= 15 is 0 Å². The monoisotopic (exact) mass is 313 g/mol. The van der Waals surface area contributed by atoms with Crippen LogP contribution in [0.15, 0.2) is 4.99 Å². The Balaban J connectivity index is 1.48. The van der Waals surface area contributed by atoms with Gasteiger partial charge in [0.25, 0.3) is 0 Å². The summed E-state index contributed by atoms with van der Waals surface area (Å²) in [5, 5.41) is 6.55. The summed E-state index contributed by atoms with van der Waals surface area (Å²) >= 11 is 0. The van der Waals surface area contributed by atoms with Crippen LogP contribution in [0.25, 0.3) is 0 Å². The van der Waals surface area contributed by atoms with Crippen molar-refractivity contribution in [3.63, 3.8) is 0 Å². The van der Waals surface area contributed by atoms with Gasteiger partial charge >= 0.3 is 0 Å². The van der Waals surface area contributed by atoms with Crippen LogP contribution in [0.4, 0.5) is 0 Å². The average Bonchev–Trinajstić information content (AvgIpc) is 3.20. The van der Waals surface area contributed by atoms with Gasteiger partial charge in [-0.05, 0) is 38.5 Å². The van der Waals surface area contributed by atoms with E-state index in [2.05, 4.69) is 22.5 Å². The number of guanidine groups is 1. The molecule has 0 spiro atoms. The molecular weight excluding hydrogens is 282 g/mol. The Labute approximate surface area is 134 Å². The Morgan fingerprint density at radius 1 is 1.23 bits per heavy atom. The molecule has 0 radical (unpaired) electrons. The fraction of sp³-hybridized carbons (Fsp3) is 0.938. The molecule has 0 bridgehead atoms. The minimum atomic E-state index is 0.291. The number of nitrogens with one attached hydrogen (secondary N) is 2. The predicted molar refractivity (Wildman–Crippen MR) is 87.3 cm³/mol. The zero-order valence-corrected chi connectivity index (χ0v) is 13.8. The van der Waals surface area contributed by atoms with Crippen LogP contribution in [-0.4, -0.2) is 64.7 Å². The molecule has 1 saturated heterocycles. The molecule has 1 unspecified atom stereocenters. The fourth-order valence-corrected chi connectivity index (χ4v) is 2.27. The number of hydrogen-bond donors (Lipinski definition) is 2. The van der Waals surface area contributed by atoms with Crippen LogP contribution in [0.2, 0.25) is 0 Å². The Kier molecular flexibility index (Phi) is 8.60. The number of rotatable bonds is 11. The first-order valence-corrected chi connectivity index (χ1v) is 8.67. The summed E-state index contributed by atoms with van der Waals surface area (Å²) in [5.74, 6) is 1.69. The summed E-state index contributed by atoms with van der Waals surface area (Å²) in [5.41, 5.74) is 0. The summed E-state index contributed by atoms with van der Waals surface area (Å²) in [6.07, 6.45) is 4.93. The Morgan fingerprint density at radius 3 is 2.86 bits per heavy atom. The van der Waals surface area contributed by atoms with Gasteiger partial charge in [0.15, 0.2) is 5.96 Å². The second kappa shape index (κ2) is 10.8. The Morgan fingerprint density at radius 2 is 2.14 bits per heavy atom. The van der Waals surface area contributed by atoms with Gasteiger partial charge in [-0.25, -0.2) is 0 Å². The highest BCUT2D eigenvalue weighted by Crippen LogP contribution is 2.28. The minimum absolute atomic E-state index is 0.291. The lowest BCUT2D eigenvalue weighted by molar-refractivity contribution is 0.0424. The van der Waals surface area contributed by atoms with Crippen molar-refractivity contribution in [1.82, 2.24) is 10.6 Å². The van der Waals surface area contributed by atoms with Gasteiger partial charge < -0.3 is 24.8 Å². The minimum Gasteiger partial charge on any atom is -0.379 e. The van der Waals surface area contributed by atoms with E-state index < -0.39 is 0 Å². The smallest absolute Gasteiger partial charge is 0.191 e. The molecule has 22 heavy (non-hydrogen) atoms. The summed E-state index contributed by atoms with van der Waals surface area (Å²) in [4.78, 5) is 4.55. The normalized spacial score (nSPS) is 22.0. The summed E-state index contributed by atoms with van der Waals surface area (Å²) in [6, 6.07) is 0. The molecule has 2 aliphatic rings. The molecule has 6 nitrogen and oxygen atoms in total. The van der Waals surface area contributed by atoms with Gasteiger partial charge in [0.1, 0.15) is 0 Å². The maximum atomic E-state index is 5.73. The summed E-state index contributed by atoms with van der Waals surface area (Å²) < 4.78 is 16.6. The van der Waals surface area contributed by atoms with Crippen molar-refractivity contribution in [2.45, 2.75) is 38.7 Å². The number of hydrogen-bond acceptors (Lipinski definition) is 4. The van der Waals surface area contributed by atoms with Crippen LogP contribution >= 0.6 is 0 Å². The highest BCUT2D eigenvalue weighted by Gasteiger charge is 2.20. The van der Waals surface area contributed by atoms with Crippen molar-refractivity contribution >= 4 is 5.96 Å². The number of aliphatic imine (C=N–C) groups is 1. The Bertz CT molecular complexity index is 316. The van der Waals surface area contributed by atoms with Gasteiger partial charge in [-0.15, -0.1) is 0 Å². The molecule has 2 N–H and O–H groups in total. The molecule has 2 rings (SSSR count). The Hall–Kier alpha value is -0.850. The molecule has 1 heterocycles. The second-order valence-corrected chi connectivity index (χ2v) is 5.92. The van der Waals surface area contributed by atoms with Gasteiger partial charge in [0, 0.05) is 39.5 Å².